The van der Waals surface area contributed by atoms with Crippen LogP contribution in [-0.2, 0) is 6.61 Å². The second kappa shape index (κ2) is 12.3. The molecule has 0 aliphatic rings. The van der Waals surface area contributed by atoms with Crippen molar-refractivity contribution in [3.63, 3.8) is 0 Å². The van der Waals surface area contributed by atoms with Crippen LogP contribution in [0, 0.1) is 5.92 Å². The van der Waals surface area contributed by atoms with Gasteiger partial charge >= 0.3 is 0 Å². The van der Waals surface area contributed by atoms with Crippen LogP contribution in [0.25, 0.3) is 10.2 Å². The van der Waals surface area contributed by atoms with E-state index in [4.69, 9.17) is 16.3 Å². The molecule has 0 fully saturated rings. The Morgan fingerprint density at radius 2 is 2.00 bits per heavy atom. The number of unbranched alkanes of at least 4 members (excludes halogenated alkanes) is 1. The summed E-state index contributed by atoms with van der Waals surface area (Å²) in [4.78, 5) is 6.82. The molecule has 1 atom stereocenters. The third-order valence-corrected chi connectivity index (χ3v) is 7.01. The Bertz CT molecular complexity index is 1090. The minimum atomic E-state index is -0.134. The van der Waals surface area contributed by atoms with E-state index in [9.17, 15) is 5.11 Å². The van der Waals surface area contributed by atoms with Crippen molar-refractivity contribution >= 4 is 49.7 Å². The van der Waals surface area contributed by atoms with Crippen LogP contribution in [0.5, 0.6) is 5.75 Å². The zero-order valence-electron chi connectivity index (χ0n) is 19.8. The summed E-state index contributed by atoms with van der Waals surface area (Å²) < 4.78 is 6.68. The van der Waals surface area contributed by atoms with Gasteiger partial charge < -0.3 is 14.7 Å². The number of anilines is 1. The summed E-state index contributed by atoms with van der Waals surface area (Å²) in [7, 11) is 1.66. The number of ether oxygens (including phenoxy) is 1. The molecule has 3 aromatic rings. The van der Waals surface area contributed by atoms with E-state index in [1.165, 1.54) is 30.6 Å². The zero-order valence-corrected chi connectivity index (χ0v) is 21.4. The highest BCUT2D eigenvalue weighted by atomic mass is 35.5. The summed E-state index contributed by atoms with van der Waals surface area (Å²) in [5, 5.41) is 20.0. The Kier molecular flexibility index (Phi) is 9.47. The van der Waals surface area contributed by atoms with Crippen molar-refractivity contribution < 1.29 is 9.84 Å². The monoisotopic (exact) mass is 488 g/mol. The summed E-state index contributed by atoms with van der Waals surface area (Å²) in [5.74, 6) is 1.35. The molecule has 2 aromatic carbocycles. The van der Waals surface area contributed by atoms with Crippen LogP contribution >= 0.6 is 22.9 Å². The Morgan fingerprint density at radius 3 is 2.67 bits per heavy atom. The minimum absolute atomic E-state index is 0.134. The van der Waals surface area contributed by atoms with Crippen LogP contribution in [0.2, 0.25) is 5.02 Å². The average molecular weight is 489 g/mol. The van der Waals surface area contributed by atoms with Crippen LogP contribution in [0.4, 0.5) is 16.5 Å². The van der Waals surface area contributed by atoms with Gasteiger partial charge in [-0.3, -0.25) is 0 Å². The fourth-order valence-electron chi connectivity index (χ4n) is 3.88. The highest BCUT2D eigenvalue weighted by Crippen LogP contribution is 2.38. The average Bonchev–Trinajstić information content (AvgIpc) is 3.24. The number of aromatic nitrogens is 1. The molecule has 6 nitrogen and oxygen atoms in total. The lowest BCUT2D eigenvalue weighted by molar-refractivity contribution is 0.282. The van der Waals surface area contributed by atoms with E-state index in [-0.39, 0.29) is 6.61 Å². The molecule has 0 radical (unpaired) electrons. The van der Waals surface area contributed by atoms with Crippen LogP contribution in [0.15, 0.2) is 40.6 Å². The molecule has 3 rings (SSSR count). The molecule has 0 aliphatic carbocycles. The predicted octanol–water partition coefficient (Wildman–Crippen LogP) is 7.91. The number of benzene rings is 2. The largest absolute Gasteiger partial charge is 0.495 e. The van der Waals surface area contributed by atoms with Crippen molar-refractivity contribution in [3.05, 3.63) is 40.9 Å². The van der Waals surface area contributed by atoms with Gasteiger partial charge in [0, 0.05) is 29.7 Å². The predicted molar refractivity (Wildman–Crippen MR) is 139 cm³/mol. The van der Waals surface area contributed by atoms with E-state index >= 15 is 0 Å². The summed E-state index contributed by atoms with van der Waals surface area (Å²) in [6, 6.07) is 9.37. The number of nitrogens with zero attached hydrogens (tertiary/aromatic N) is 4. The molecule has 1 N–H and O–H groups in total. The number of rotatable bonds is 12. The van der Waals surface area contributed by atoms with Crippen LogP contribution in [0.3, 0.4) is 0 Å². The molecule has 1 heterocycles. The minimum Gasteiger partial charge on any atom is -0.495 e. The van der Waals surface area contributed by atoms with E-state index in [2.05, 4.69) is 40.9 Å². The van der Waals surface area contributed by atoms with Gasteiger partial charge in [-0.05, 0) is 43.5 Å². The first kappa shape index (κ1) is 25.4. The zero-order chi connectivity index (χ0) is 23.8. The maximum absolute atomic E-state index is 10.1. The van der Waals surface area contributed by atoms with Gasteiger partial charge in [0.1, 0.15) is 5.75 Å². The number of hydrogen-bond donors (Lipinski definition) is 1. The molecule has 0 aliphatic heterocycles. The summed E-state index contributed by atoms with van der Waals surface area (Å²) in [6.07, 6.45) is 4.82. The van der Waals surface area contributed by atoms with E-state index in [0.717, 1.165) is 41.2 Å². The van der Waals surface area contributed by atoms with E-state index in [1.807, 2.05) is 30.3 Å². The van der Waals surface area contributed by atoms with Crippen LogP contribution in [-0.4, -0.2) is 30.3 Å². The van der Waals surface area contributed by atoms with E-state index < -0.39 is 0 Å². The molecule has 8 heteroatoms. The van der Waals surface area contributed by atoms with Gasteiger partial charge in [0.25, 0.3) is 0 Å². The normalized spacial score (nSPS) is 12.5. The molecule has 0 saturated carbocycles. The standard InChI is InChI=1S/C25H33ClN4O2S/c1-5-8-9-17(6-2)15-30(7-3)22-12-18(16-31)21(14-23(22)32-4)28-29-25-27-20-11-10-19(26)13-24(20)33-25/h10-14,17,31H,5-9,15-16H2,1-4H3/b29-28+. The Morgan fingerprint density at radius 1 is 1.18 bits per heavy atom. The number of thiazole rings is 1. The van der Waals surface area contributed by atoms with Gasteiger partial charge in [-0.1, -0.05) is 56.0 Å². The van der Waals surface area contributed by atoms with Gasteiger partial charge in [-0.2, -0.15) is 0 Å². The fourth-order valence-corrected chi connectivity index (χ4v) is 4.95. The number of aliphatic hydroxyl groups excluding tert-OH is 1. The second-order valence-corrected chi connectivity index (χ2v) is 9.52. The topological polar surface area (TPSA) is 70.3 Å². The first-order valence-corrected chi connectivity index (χ1v) is 12.8. The van der Waals surface area contributed by atoms with E-state index in [0.29, 0.717) is 27.3 Å². The van der Waals surface area contributed by atoms with Crippen molar-refractivity contribution in [2.75, 3.05) is 25.1 Å². The SMILES string of the molecule is CCCCC(CC)CN(CC)c1cc(CO)c(/N=N/c2nc3ccc(Cl)cc3s2)cc1OC. The molecule has 0 amide bonds. The third kappa shape index (κ3) is 6.43. The van der Waals surface area contributed by atoms with Crippen molar-refractivity contribution in [2.45, 2.75) is 53.1 Å². The molecule has 1 unspecified atom stereocenters. The van der Waals surface area contributed by atoms with Crippen LogP contribution < -0.4 is 9.64 Å². The van der Waals surface area contributed by atoms with Gasteiger partial charge in [-0.25, -0.2) is 4.98 Å². The van der Waals surface area contributed by atoms with Crippen LogP contribution in [0.1, 0.15) is 52.0 Å². The smallest absolute Gasteiger partial charge is 0.231 e. The molecule has 0 spiro atoms. The van der Waals surface area contributed by atoms with Gasteiger partial charge in [0.2, 0.25) is 5.13 Å². The second-order valence-electron chi connectivity index (χ2n) is 8.07. The Balaban J connectivity index is 1.89. The van der Waals surface area contributed by atoms with Crippen molar-refractivity contribution in [1.82, 2.24) is 4.98 Å². The number of halogens is 1. The van der Waals surface area contributed by atoms with Crippen molar-refractivity contribution in [3.8, 4) is 5.75 Å². The lowest BCUT2D eigenvalue weighted by atomic mass is 9.98. The molecule has 33 heavy (non-hydrogen) atoms. The number of azo groups is 1. The summed E-state index contributed by atoms with van der Waals surface area (Å²) in [5.41, 5.74) is 3.09. The molecular formula is C25H33ClN4O2S. The highest BCUT2D eigenvalue weighted by molar-refractivity contribution is 7.21. The lowest BCUT2D eigenvalue weighted by Gasteiger charge is -2.30. The molecule has 178 valence electrons. The van der Waals surface area contributed by atoms with E-state index in [1.54, 1.807) is 7.11 Å². The first-order chi connectivity index (χ1) is 16.0. The quantitative estimate of drug-likeness (QED) is 0.263. The number of aliphatic hydroxyl groups is 1. The lowest BCUT2D eigenvalue weighted by Crippen LogP contribution is -2.29. The number of fused-ring (bicyclic) bond motifs is 1. The maximum Gasteiger partial charge on any atom is 0.231 e. The van der Waals surface area contributed by atoms with Gasteiger partial charge in [-0.15, -0.1) is 10.2 Å². The molecule has 0 saturated heterocycles. The molecule has 1 aromatic heterocycles. The fraction of sp³-hybridized carbons (Fsp3) is 0.480. The van der Waals surface area contributed by atoms with Crippen molar-refractivity contribution in [1.29, 1.82) is 0 Å². The molecule has 0 bridgehead atoms. The third-order valence-electron chi connectivity index (χ3n) is 5.88. The first-order valence-electron chi connectivity index (χ1n) is 11.6. The maximum atomic E-state index is 10.1. The number of hydrogen-bond acceptors (Lipinski definition) is 7. The van der Waals surface area contributed by atoms with Gasteiger partial charge in [0.15, 0.2) is 0 Å². The summed E-state index contributed by atoms with van der Waals surface area (Å²) in [6.45, 7) is 8.33. The number of methoxy groups -OCH3 is 1. The summed E-state index contributed by atoms with van der Waals surface area (Å²) >= 11 is 7.49. The van der Waals surface area contributed by atoms with Crippen molar-refractivity contribution in [2.24, 2.45) is 16.1 Å². The molecular weight excluding hydrogens is 456 g/mol. The highest BCUT2D eigenvalue weighted by Gasteiger charge is 2.18. The Labute approximate surface area is 205 Å². The Hall–Kier alpha value is -2.22. The van der Waals surface area contributed by atoms with Gasteiger partial charge in [0.05, 0.1) is 35.3 Å².